The zero-order chi connectivity index (χ0) is 21.8. The van der Waals surface area contributed by atoms with Crippen molar-refractivity contribution in [2.75, 3.05) is 19.0 Å². The number of anilines is 1. The quantitative estimate of drug-likeness (QED) is 0.261. The van der Waals surface area contributed by atoms with Crippen molar-refractivity contribution in [2.45, 2.75) is 0 Å². The number of ketones is 1. The number of halogens is 1. The Morgan fingerprint density at radius 1 is 0.935 bits per heavy atom. The lowest BCUT2D eigenvalue weighted by atomic mass is 10.1. The first kappa shape index (κ1) is 20.9. The predicted molar refractivity (Wildman–Crippen MR) is 126 cm³/mol. The normalized spacial score (nSPS) is 10.6. The number of ether oxygens (including phenoxy) is 2. The van der Waals surface area contributed by atoms with Gasteiger partial charge in [0.1, 0.15) is 17.1 Å². The lowest BCUT2D eigenvalue weighted by molar-refractivity contribution is -0.118. The summed E-state index contributed by atoms with van der Waals surface area (Å²) in [5, 5.41) is 3.42. The molecule has 31 heavy (non-hydrogen) atoms. The van der Waals surface area contributed by atoms with E-state index in [1.807, 2.05) is 18.2 Å². The molecule has 7 heteroatoms. The summed E-state index contributed by atoms with van der Waals surface area (Å²) in [5.41, 5.74) is 1.26. The molecule has 1 N–H and O–H groups in total. The van der Waals surface area contributed by atoms with Crippen LogP contribution in [-0.4, -0.2) is 25.4 Å². The summed E-state index contributed by atoms with van der Waals surface area (Å²) in [6.45, 7) is -0.198. The maximum absolute atomic E-state index is 13.1. The number of methoxy groups -OCH3 is 1. The first-order valence-corrected chi connectivity index (χ1v) is 10.5. The number of carbonyl (C=O) groups excluding carboxylic acids is 2. The molecule has 3 aromatic carbocycles. The fraction of sp³-hybridized carbons (Fsp3) is 0.0833. The van der Waals surface area contributed by atoms with Gasteiger partial charge in [0, 0.05) is 14.5 Å². The van der Waals surface area contributed by atoms with E-state index in [4.69, 9.17) is 13.9 Å². The van der Waals surface area contributed by atoms with Crippen LogP contribution >= 0.6 is 22.6 Å². The fourth-order valence-corrected chi connectivity index (χ4v) is 3.42. The third-order valence-electron chi connectivity index (χ3n) is 4.60. The van der Waals surface area contributed by atoms with Crippen molar-refractivity contribution < 1.29 is 23.5 Å². The number of carbonyl (C=O) groups is 2. The largest absolute Gasteiger partial charge is 0.497 e. The van der Waals surface area contributed by atoms with Crippen LogP contribution in [0.3, 0.4) is 0 Å². The molecule has 1 heterocycles. The molecular weight excluding hydrogens is 509 g/mol. The smallest absolute Gasteiger partial charge is 0.262 e. The second-order valence-corrected chi connectivity index (χ2v) is 7.90. The highest BCUT2D eigenvalue weighted by molar-refractivity contribution is 14.1. The maximum Gasteiger partial charge on any atom is 0.262 e. The van der Waals surface area contributed by atoms with Crippen molar-refractivity contribution in [1.82, 2.24) is 0 Å². The fourth-order valence-electron chi connectivity index (χ4n) is 3.06. The van der Waals surface area contributed by atoms with E-state index in [1.165, 1.54) is 0 Å². The molecule has 4 rings (SSSR count). The molecule has 1 aromatic heterocycles. The SMILES string of the molecule is COc1ccc(C(=O)c2oc3ccccc3c2NC(=O)COc2ccc(I)cc2)cc1. The summed E-state index contributed by atoms with van der Waals surface area (Å²) in [5.74, 6) is 0.556. The predicted octanol–water partition coefficient (Wildman–Crippen LogP) is 5.29. The van der Waals surface area contributed by atoms with Crippen LogP contribution in [0.25, 0.3) is 11.0 Å². The Morgan fingerprint density at radius 2 is 1.61 bits per heavy atom. The summed E-state index contributed by atoms with van der Waals surface area (Å²) in [6, 6.07) is 21.2. The molecule has 0 saturated carbocycles. The maximum atomic E-state index is 13.1. The van der Waals surface area contributed by atoms with Gasteiger partial charge in [-0.15, -0.1) is 0 Å². The number of fused-ring (bicyclic) bond motifs is 1. The van der Waals surface area contributed by atoms with Crippen molar-refractivity contribution >= 4 is 50.9 Å². The van der Waals surface area contributed by atoms with Gasteiger partial charge in [-0.05, 0) is 83.3 Å². The van der Waals surface area contributed by atoms with E-state index in [1.54, 1.807) is 61.7 Å². The highest BCUT2D eigenvalue weighted by Crippen LogP contribution is 2.32. The van der Waals surface area contributed by atoms with Gasteiger partial charge in [-0.3, -0.25) is 9.59 Å². The molecule has 0 bridgehead atoms. The van der Waals surface area contributed by atoms with Gasteiger partial charge >= 0.3 is 0 Å². The summed E-state index contributed by atoms with van der Waals surface area (Å²) in [7, 11) is 1.56. The molecule has 0 aliphatic carbocycles. The zero-order valence-corrected chi connectivity index (χ0v) is 18.7. The van der Waals surface area contributed by atoms with Crippen molar-refractivity contribution in [1.29, 1.82) is 0 Å². The summed E-state index contributed by atoms with van der Waals surface area (Å²) >= 11 is 2.19. The molecule has 4 aromatic rings. The van der Waals surface area contributed by atoms with Gasteiger partial charge < -0.3 is 19.2 Å². The van der Waals surface area contributed by atoms with Gasteiger partial charge in [0.25, 0.3) is 5.91 Å². The van der Waals surface area contributed by atoms with Gasteiger partial charge in [-0.1, -0.05) is 12.1 Å². The highest BCUT2D eigenvalue weighted by atomic mass is 127. The summed E-state index contributed by atoms with van der Waals surface area (Å²) in [4.78, 5) is 25.7. The Bertz CT molecular complexity index is 1230. The van der Waals surface area contributed by atoms with E-state index in [9.17, 15) is 9.59 Å². The summed E-state index contributed by atoms with van der Waals surface area (Å²) in [6.07, 6.45) is 0. The highest BCUT2D eigenvalue weighted by Gasteiger charge is 2.23. The zero-order valence-electron chi connectivity index (χ0n) is 16.6. The number of nitrogens with one attached hydrogen (secondary N) is 1. The van der Waals surface area contributed by atoms with Gasteiger partial charge in [-0.2, -0.15) is 0 Å². The molecule has 156 valence electrons. The van der Waals surface area contributed by atoms with Crippen molar-refractivity contribution in [3.05, 3.63) is 87.7 Å². The van der Waals surface area contributed by atoms with Crippen LogP contribution < -0.4 is 14.8 Å². The molecule has 0 unspecified atom stereocenters. The average Bonchev–Trinajstić information content (AvgIpc) is 3.16. The third-order valence-corrected chi connectivity index (χ3v) is 5.32. The number of hydrogen-bond donors (Lipinski definition) is 1. The van der Waals surface area contributed by atoms with Crippen LogP contribution in [0.1, 0.15) is 16.1 Å². The number of furan rings is 1. The van der Waals surface area contributed by atoms with Gasteiger partial charge in [0.05, 0.1) is 12.8 Å². The van der Waals surface area contributed by atoms with E-state index >= 15 is 0 Å². The molecule has 1 amide bonds. The van der Waals surface area contributed by atoms with Crippen LogP contribution in [0.15, 0.2) is 77.2 Å². The van der Waals surface area contributed by atoms with Crippen LogP contribution in [0.4, 0.5) is 5.69 Å². The van der Waals surface area contributed by atoms with Crippen molar-refractivity contribution in [3.8, 4) is 11.5 Å². The van der Waals surface area contributed by atoms with Crippen molar-refractivity contribution in [3.63, 3.8) is 0 Å². The Hall–Kier alpha value is -3.33. The number of amides is 1. The van der Waals surface area contributed by atoms with Gasteiger partial charge in [0.2, 0.25) is 5.78 Å². The van der Waals surface area contributed by atoms with Crippen LogP contribution in [-0.2, 0) is 4.79 Å². The van der Waals surface area contributed by atoms with Crippen LogP contribution in [0.2, 0.25) is 0 Å². The van der Waals surface area contributed by atoms with Crippen molar-refractivity contribution in [2.24, 2.45) is 0 Å². The molecule has 0 aliphatic heterocycles. The first-order chi connectivity index (χ1) is 15.0. The number of para-hydroxylation sites is 1. The lowest BCUT2D eigenvalue weighted by Crippen LogP contribution is -2.21. The Balaban J connectivity index is 1.59. The first-order valence-electron chi connectivity index (χ1n) is 9.43. The lowest BCUT2D eigenvalue weighted by Gasteiger charge is -2.08. The molecule has 0 radical (unpaired) electrons. The Labute approximate surface area is 192 Å². The van der Waals surface area contributed by atoms with Gasteiger partial charge in [-0.25, -0.2) is 0 Å². The second-order valence-electron chi connectivity index (χ2n) is 6.65. The van der Waals surface area contributed by atoms with E-state index < -0.39 is 5.91 Å². The third kappa shape index (κ3) is 4.72. The Kier molecular flexibility index (Phi) is 6.22. The summed E-state index contributed by atoms with van der Waals surface area (Å²) < 4.78 is 17.6. The number of hydrogen-bond acceptors (Lipinski definition) is 5. The minimum Gasteiger partial charge on any atom is -0.497 e. The topological polar surface area (TPSA) is 77.8 Å². The van der Waals surface area contributed by atoms with Crippen LogP contribution in [0.5, 0.6) is 11.5 Å². The van der Waals surface area contributed by atoms with E-state index in [2.05, 4.69) is 27.9 Å². The average molecular weight is 527 g/mol. The van der Waals surface area contributed by atoms with Crippen LogP contribution in [0, 0.1) is 3.57 Å². The number of benzene rings is 3. The monoisotopic (exact) mass is 527 g/mol. The molecule has 0 saturated heterocycles. The van der Waals surface area contributed by atoms with E-state index in [0.717, 1.165) is 3.57 Å². The second kappa shape index (κ2) is 9.22. The van der Waals surface area contributed by atoms with E-state index in [0.29, 0.717) is 33.7 Å². The van der Waals surface area contributed by atoms with Gasteiger partial charge in [0.15, 0.2) is 12.4 Å². The minimum absolute atomic E-state index is 0.0639. The minimum atomic E-state index is -0.395. The number of rotatable bonds is 7. The standard InChI is InChI=1S/C24H18INO5/c1-29-17-10-6-15(7-11-17)23(28)24-22(19-4-2-3-5-20(19)31-24)26-21(27)14-30-18-12-8-16(25)9-13-18/h2-13H,14H2,1H3,(H,26,27). The molecular formula is C24H18INO5. The molecule has 6 nitrogen and oxygen atoms in total. The van der Waals surface area contributed by atoms with E-state index in [-0.39, 0.29) is 18.2 Å². The Morgan fingerprint density at radius 3 is 2.32 bits per heavy atom. The molecule has 0 fully saturated rings. The molecule has 0 atom stereocenters. The molecule has 0 spiro atoms. The molecule has 0 aliphatic rings.